The highest BCUT2D eigenvalue weighted by Crippen LogP contribution is 2.43. The van der Waals surface area contributed by atoms with Crippen LogP contribution in [-0.4, -0.2) is 5.11 Å². The second-order valence-electron chi connectivity index (χ2n) is 5.16. The van der Waals surface area contributed by atoms with Crippen molar-refractivity contribution in [2.45, 2.75) is 6.10 Å². The number of aliphatic hydroxyl groups is 1. The summed E-state index contributed by atoms with van der Waals surface area (Å²) in [5, 5.41) is 10.5. The standard InChI is InChI=1S/C19H14O2/c20-19-15-8-4-5-9-17(15)21-18-12-14(10-11-16(18)19)13-6-2-1-3-7-13/h1-12,19-20H. The Kier molecular flexibility index (Phi) is 2.76. The smallest absolute Gasteiger partial charge is 0.134 e. The van der Waals surface area contributed by atoms with Gasteiger partial charge in [-0.25, -0.2) is 0 Å². The lowest BCUT2D eigenvalue weighted by Gasteiger charge is -2.25. The van der Waals surface area contributed by atoms with Gasteiger partial charge in [0.1, 0.15) is 17.6 Å². The minimum Gasteiger partial charge on any atom is -0.457 e. The molecule has 1 N–H and O–H groups in total. The van der Waals surface area contributed by atoms with Crippen LogP contribution in [0.5, 0.6) is 11.5 Å². The fraction of sp³-hybridized carbons (Fsp3) is 0.0526. The Morgan fingerprint density at radius 2 is 1.38 bits per heavy atom. The van der Waals surface area contributed by atoms with E-state index in [2.05, 4.69) is 12.1 Å². The van der Waals surface area contributed by atoms with E-state index in [1.165, 1.54) is 0 Å². The third kappa shape index (κ3) is 2.01. The van der Waals surface area contributed by atoms with Crippen LogP contribution in [0.1, 0.15) is 17.2 Å². The number of para-hydroxylation sites is 1. The van der Waals surface area contributed by atoms with E-state index in [-0.39, 0.29) is 0 Å². The molecule has 0 amide bonds. The molecule has 0 fully saturated rings. The first-order valence-electron chi connectivity index (χ1n) is 6.97. The zero-order valence-electron chi connectivity index (χ0n) is 11.4. The van der Waals surface area contributed by atoms with Gasteiger partial charge < -0.3 is 9.84 Å². The van der Waals surface area contributed by atoms with Gasteiger partial charge in [-0.15, -0.1) is 0 Å². The Morgan fingerprint density at radius 3 is 2.24 bits per heavy atom. The van der Waals surface area contributed by atoms with Gasteiger partial charge >= 0.3 is 0 Å². The molecule has 2 heteroatoms. The van der Waals surface area contributed by atoms with E-state index >= 15 is 0 Å². The summed E-state index contributed by atoms with van der Waals surface area (Å²) in [5.74, 6) is 1.45. The number of hydrogen-bond acceptors (Lipinski definition) is 2. The highest BCUT2D eigenvalue weighted by Gasteiger charge is 2.25. The van der Waals surface area contributed by atoms with E-state index in [4.69, 9.17) is 4.74 Å². The normalized spacial score (nSPS) is 15.8. The van der Waals surface area contributed by atoms with Crippen LogP contribution in [0.3, 0.4) is 0 Å². The summed E-state index contributed by atoms with van der Waals surface area (Å²) in [6.07, 6.45) is -0.630. The largest absolute Gasteiger partial charge is 0.457 e. The predicted molar refractivity (Wildman–Crippen MR) is 82.5 cm³/mol. The molecule has 1 heterocycles. The molecule has 2 nitrogen and oxygen atoms in total. The second-order valence-corrected chi connectivity index (χ2v) is 5.16. The van der Waals surface area contributed by atoms with Gasteiger partial charge in [0.2, 0.25) is 0 Å². The Labute approximate surface area is 123 Å². The monoisotopic (exact) mass is 274 g/mol. The zero-order chi connectivity index (χ0) is 14.2. The summed E-state index contributed by atoms with van der Waals surface area (Å²) in [4.78, 5) is 0. The van der Waals surface area contributed by atoms with Crippen molar-refractivity contribution < 1.29 is 9.84 Å². The molecule has 0 aromatic heterocycles. The highest BCUT2D eigenvalue weighted by molar-refractivity contribution is 5.67. The lowest BCUT2D eigenvalue weighted by atomic mass is 9.94. The van der Waals surface area contributed by atoms with Crippen molar-refractivity contribution in [3.8, 4) is 22.6 Å². The Hall–Kier alpha value is -2.58. The van der Waals surface area contributed by atoms with Crippen molar-refractivity contribution in [1.82, 2.24) is 0 Å². The molecule has 0 saturated heterocycles. The first kappa shape index (κ1) is 12.2. The van der Waals surface area contributed by atoms with E-state index in [1.54, 1.807) is 0 Å². The van der Waals surface area contributed by atoms with Gasteiger partial charge in [-0.05, 0) is 23.3 Å². The van der Waals surface area contributed by atoms with Gasteiger partial charge in [0.15, 0.2) is 0 Å². The molecular formula is C19H14O2. The van der Waals surface area contributed by atoms with E-state index in [0.717, 1.165) is 33.8 Å². The van der Waals surface area contributed by atoms with Crippen LogP contribution in [0.2, 0.25) is 0 Å². The lowest BCUT2D eigenvalue weighted by Crippen LogP contribution is -2.09. The Morgan fingerprint density at radius 1 is 0.667 bits per heavy atom. The van der Waals surface area contributed by atoms with Crippen molar-refractivity contribution in [2.24, 2.45) is 0 Å². The molecule has 21 heavy (non-hydrogen) atoms. The van der Waals surface area contributed by atoms with Crippen LogP contribution in [0, 0.1) is 0 Å². The maximum Gasteiger partial charge on any atom is 0.134 e. The molecule has 3 aromatic carbocycles. The van der Waals surface area contributed by atoms with Crippen molar-refractivity contribution >= 4 is 0 Å². The first-order chi connectivity index (χ1) is 10.3. The fourth-order valence-corrected chi connectivity index (χ4v) is 2.74. The first-order valence-corrected chi connectivity index (χ1v) is 6.97. The Balaban J connectivity index is 1.81. The highest BCUT2D eigenvalue weighted by atomic mass is 16.5. The van der Waals surface area contributed by atoms with Gasteiger partial charge in [-0.3, -0.25) is 0 Å². The maximum atomic E-state index is 10.5. The van der Waals surface area contributed by atoms with Crippen LogP contribution in [0.15, 0.2) is 72.8 Å². The van der Waals surface area contributed by atoms with Crippen LogP contribution >= 0.6 is 0 Å². The molecule has 0 saturated carbocycles. The number of rotatable bonds is 1. The summed E-state index contributed by atoms with van der Waals surface area (Å²) < 4.78 is 5.95. The molecule has 1 unspecified atom stereocenters. The molecule has 0 spiro atoms. The third-order valence-electron chi connectivity index (χ3n) is 3.85. The molecule has 1 atom stereocenters. The summed E-state index contributed by atoms with van der Waals surface area (Å²) in [6.45, 7) is 0. The number of hydrogen-bond donors (Lipinski definition) is 1. The molecule has 1 aliphatic rings. The molecule has 1 aliphatic heterocycles. The number of aliphatic hydroxyl groups excluding tert-OH is 1. The third-order valence-corrected chi connectivity index (χ3v) is 3.85. The minimum atomic E-state index is -0.630. The van der Waals surface area contributed by atoms with Crippen molar-refractivity contribution in [1.29, 1.82) is 0 Å². The van der Waals surface area contributed by atoms with Gasteiger partial charge in [0, 0.05) is 11.1 Å². The van der Waals surface area contributed by atoms with Gasteiger partial charge in [-0.2, -0.15) is 0 Å². The summed E-state index contributed by atoms with van der Waals surface area (Å²) in [6, 6.07) is 23.7. The van der Waals surface area contributed by atoms with Crippen molar-refractivity contribution in [3.05, 3.63) is 83.9 Å². The molecule has 4 rings (SSSR count). The average molecular weight is 274 g/mol. The van der Waals surface area contributed by atoms with E-state index in [1.807, 2.05) is 60.7 Å². The maximum absolute atomic E-state index is 10.5. The zero-order valence-corrected chi connectivity index (χ0v) is 11.4. The summed E-state index contributed by atoms with van der Waals surface area (Å²) in [7, 11) is 0. The van der Waals surface area contributed by atoms with Crippen molar-refractivity contribution in [2.75, 3.05) is 0 Å². The number of ether oxygens (including phenoxy) is 1. The average Bonchev–Trinajstić information content (AvgIpc) is 2.55. The van der Waals surface area contributed by atoms with Crippen LogP contribution in [0.25, 0.3) is 11.1 Å². The number of benzene rings is 3. The molecule has 0 radical (unpaired) electrons. The lowest BCUT2D eigenvalue weighted by molar-refractivity contribution is 0.203. The van der Waals surface area contributed by atoms with E-state index in [0.29, 0.717) is 0 Å². The molecule has 102 valence electrons. The van der Waals surface area contributed by atoms with Gasteiger partial charge in [0.25, 0.3) is 0 Å². The second kappa shape index (κ2) is 4.76. The molecular weight excluding hydrogens is 260 g/mol. The quantitative estimate of drug-likeness (QED) is 0.706. The predicted octanol–water partition coefficient (Wildman–Crippen LogP) is 4.54. The Bertz CT molecular complexity index is 794. The molecule has 0 bridgehead atoms. The van der Waals surface area contributed by atoms with E-state index < -0.39 is 6.10 Å². The summed E-state index contributed by atoms with van der Waals surface area (Å²) >= 11 is 0. The molecule has 3 aromatic rings. The minimum absolute atomic E-state index is 0.630. The fourth-order valence-electron chi connectivity index (χ4n) is 2.74. The van der Waals surface area contributed by atoms with E-state index in [9.17, 15) is 5.11 Å². The van der Waals surface area contributed by atoms with Crippen LogP contribution in [-0.2, 0) is 0 Å². The summed E-state index contributed by atoms with van der Waals surface area (Å²) in [5.41, 5.74) is 3.85. The SMILES string of the molecule is OC1c2ccccc2Oc2cc(-c3ccccc3)ccc21. The van der Waals surface area contributed by atoms with Crippen molar-refractivity contribution in [3.63, 3.8) is 0 Å². The van der Waals surface area contributed by atoms with Crippen LogP contribution < -0.4 is 4.74 Å². The van der Waals surface area contributed by atoms with Crippen LogP contribution in [0.4, 0.5) is 0 Å². The number of fused-ring (bicyclic) bond motifs is 2. The van der Waals surface area contributed by atoms with Gasteiger partial charge in [0.05, 0.1) is 0 Å². The topological polar surface area (TPSA) is 29.5 Å². The molecule has 0 aliphatic carbocycles. The van der Waals surface area contributed by atoms with Gasteiger partial charge in [-0.1, -0.05) is 60.7 Å².